The highest BCUT2D eigenvalue weighted by Crippen LogP contribution is 2.25. The van der Waals surface area contributed by atoms with Crippen molar-refractivity contribution in [3.05, 3.63) is 93.4 Å². The molecule has 3 aromatic carbocycles. The van der Waals surface area contributed by atoms with Gasteiger partial charge in [-0.2, -0.15) is 9.97 Å². The van der Waals surface area contributed by atoms with Gasteiger partial charge in [-0.15, -0.1) is 0 Å². The van der Waals surface area contributed by atoms with Crippen molar-refractivity contribution >= 4 is 29.2 Å². The molecule has 0 aliphatic carbocycles. The predicted molar refractivity (Wildman–Crippen MR) is 149 cm³/mol. The maximum atomic E-state index is 13.2. The third-order valence-electron chi connectivity index (χ3n) is 5.57. The second-order valence-electron chi connectivity index (χ2n) is 8.71. The number of methoxy groups -OCH3 is 2. The first-order valence-electron chi connectivity index (χ1n) is 12.1. The number of rotatable bonds is 11. The number of ether oxygens (including phenoxy) is 3. The first-order chi connectivity index (χ1) is 18.3. The molecule has 1 aromatic heterocycles. The smallest absolute Gasteiger partial charge is 0.353 e. The van der Waals surface area contributed by atoms with E-state index in [0.29, 0.717) is 29.0 Å². The number of nitrogens with zero attached hydrogens (tertiary/aromatic N) is 3. The molecule has 9 nitrogen and oxygen atoms in total. The highest BCUT2D eigenvalue weighted by atomic mass is 35.5. The number of benzene rings is 3. The van der Waals surface area contributed by atoms with E-state index in [9.17, 15) is 4.79 Å². The van der Waals surface area contributed by atoms with E-state index < -0.39 is 5.69 Å². The molecular weight excluding hydrogens is 506 g/mol. The second kappa shape index (κ2) is 12.3. The van der Waals surface area contributed by atoms with E-state index in [-0.39, 0.29) is 18.6 Å². The molecule has 0 saturated carbocycles. The fourth-order valence-electron chi connectivity index (χ4n) is 3.71. The Morgan fingerprint density at radius 1 is 0.921 bits per heavy atom. The summed E-state index contributed by atoms with van der Waals surface area (Å²) in [5.74, 6) is 2.60. The summed E-state index contributed by atoms with van der Waals surface area (Å²) in [6, 6.07) is 20.2. The summed E-state index contributed by atoms with van der Waals surface area (Å²) < 4.78 is 17.9. The van der Waals surface area contributed by atoms with Crippen LogP contribution in [0.25, 0.3) is 0 Å². The lowest BCUT2D eigenvalue weighted by Gasteiger charge is -2.16. The van der Waals surface area contributed by atoms with Crippen LogP contribution >= 0.6 is 11.6 Å². The maximum Gasteiger partial charge on any atom is 0.353 e. The third-order valence-corrected chi connectivity index (χ3v) is 5.82. The Labute approximate surface area is 226 Å². The zero-order valence-electron chi connectivity index (χ0n) is 21.7. The average Bonchev–Trinajstić information content (AvgIpc) is 2.91. The van der Waals surface area contributed by atoms with Crippen molar-refractivity contribution < 1.29 is 14.2 Å². The van der Waals surface area contributed by atoms with Crippen molar-refractivity contribution in [1.29, 1.82) is 0 Å². The molecule has 198 valence electrons. The van der Waals surface area contributed by atoms with Crippen molar-refractivity contribution in [2.24, 2.45) is 0 Å². The van der Waals surface area contributed by atoms with E-state index in [1.54, 1.807) is 32.4 Å². The molecule has 1 heterocycles. The lowest BCUT2D eigenvalue weighted by molar-refractivity contribution is 0.242. The first-order valence-corrected chi connectivity index (χ1v) is 12.4. The molecule has 0 atom stereocenters. The maximum absolute atomic E-state index is 13.2. The van der Waals surface area contributed by atoms with Gasteiger partial charge in [0.25, 0.3) is 0 Å². The molecule has 0 fully saturated rings. The van der Waals surface area contributed by atoms with Gasteiger partial charge in [0.1, 0.15) is 17.2 Å². The Bertz CT molecular complexity index is 1420. The molecule has 4 aromatic rings. The molecule has 0 spiro atoms. The molecule has 4 rings (SSSR count). The van der Waals surface area contributed by atoms with Gasteiger partial charge >= 0.3 is 5.69 Å². The van der Waals surface area contributed by atoms with Crippen LogP contribution < -0.4 is 30.5 Å². The number of aromatic nitrogens is 3. The fraction of sp³-hybridized carbons (Fsp3) is 0.250. The average molecular weight is 536 g/mol. The molecule has 0 amide bonds. The van der Waals surface area contributed by atoms with Gasteiger partial charge in [0.2, 0.25) is 11.9 Å². The summed E-state index contributed by atoms with van der Waals surface area (Å²) in [7, 11) is 3.19. The molecule has 38 heavy (non-hydrogen) atoms. The van der Waals surface area contributed by atoms with Crippen molar-refractivity contribution in [3.8, 4) is 17.2 Å². The van der Waals surface area contributed by atoms with E-state index >= 15 is 0 Å². The minimum Gasteiger partial charge on any atom is -0.497 e. The minimum absolute atomic E-state index is 0.0678. The first kappa shape index (κ1) is 26.8. The van der Waals surface area contributed by atoms with Gasteiger partial charge in [0.15, 0.2) is 0 Å². The topological polar surface area (TPSA) is 99.5 Å². The molecule has 0 bridgehead atoms. The van der Waals surface area contributed by atoms with E-state index in [2.05, 4.69) is 20.6 Å². The van der Waals surface area contributed by atoms with Crippen molar-refractivity contribution in [1.82, 2.24) is 14.5 Å². The summed E-state index contributed by atoms with van der Waals surface area (Å²) in [5.41, 5.74) is 2.03. The van der Waals surface area contributed by atoms with Crippen LogP contribution in [0.5, 0.6) is 17.2 Å². The van der Waals surface area contributed by atoms with Crippen molar-refractivity contribution in [2.45, 2.75) is 33.0 Å². The number of anilines is 3. The van der Waals surface area contributed by atoms with Crippen LogP contribution in [0.3, 0.4) is 0 Å². The van der Waals surface area contributed by atoms with Crippen LogP contribution in [0.1, 0.15) is 25.0 Å². The monoisotopic (exact) mass is 535 g/mol. The highest BCUT2D eigenvalue weighted by molar-refractivity contribution is 6.30. The van der Waals surface area contributed by atoms with Crippen LogP contribution in [0.15, 0.2) is 71.5 Å². The highest BCUT2D eigenvalue weighted by Gasteiger charge is 2.13. The van der Waals surface area contributed by atoms with E-state index in [1.165, 1.54) is 4.57 Å². The molecule has 2 N–H and O–H groups in total. The molecule has 10 heteroatoms. The summed E-state index contributed by atoms with van der Waals surface area (Å²) in [6.45, 7) is 4.55. The van der Waals surface area contributed by atoms with Crippen LogP contribution in [0.4, 0.5) is 17.6 Å². The van der Waals surface area contributed by atoms with E-state index in [4.69, 9.17) is 25.8 Å². The SMILES string of the molecule is COc1ccc(CNc2nc(Nc3ccc(OC(C)C)cc3)n(Cc3ccc(Cl)cc3)c(=O)n2)c(OC)c1. The Morgan fingerprint density at radius 3 is 2.29 bits per heavy atom. The van der Waals surface area contributed by atoms with E-state index in [1.807, 2.05) is 62.4 Å². The second-order valence-corrected chi connectivity index (χ2v) is 9.15. The van der Waals surface area contributed by atoms with E-state index in [0.717, 1.165) is 22.6 Å². The fourth-order valence-corrected chi connectivity index (χ4v) is 3.83. The van der Waals surface area contributed by atoms with Gasteiger partial charge in [0.05, 0.1) is 26.9 Å². The van der Waals surface area contributed by atoms with Crippen LogP contribution in [-0.4, -0.2) is 34.9 Å². The summed E-state index contributed by atoms with van der Waals surface area (Å²) in [4.78, 5) is 22.0. The predicted octanol–water partition coefficient (Wildman–Crippen LogP) is 5.50. The Hall–Kier alpha value is -4.24. The zero-order valence-corrected chi connectivity index (χ0v) is 22.5. The number of hydrogen-bond donors (Lipinski definition) is 2. The van der Waals surface area contributed by atoms with Gasteiger partial charge in [-0.25, -0.2) is 4.79 Å². The number of hydrogen-bond acceptors (Lipinski definition) is 8. The van der Waals surface area contributed by atoms with Crippen molar-refractivity contribution in [3.63, 3.8) is 0 Å². The number of nitrogens with one attached hydrogen (secondary N) is 2. The van der Waals surface area contributed by atoms with Crippen molar-refractivity contribution in [2.75, 3.05) is 24.9 Å². The van der Waals surface area contributed by atoms with Crippen LogP contribution in [0, 0.1) is 0 Å². The molecular formula is C28H30ClN5O4. The quantitative estimate of drug-likeness (QED) is 0.260. The Morgan fingerprint density at radius 2 is 1.63 bits per heavy atom. The summed E-state index contributed by atoms with van der Waals surface area (Å²) >= 11 is 6.03. The van der Waals surface area contributed by atoms with Crippen LogP contribution in [-0.2, 0) is 13.1 Å². The Kier molecular flexibility index (Phi) is 8.70. The van der Waals surface area contributed by atoms with Gasteiger partial charge in [0, 0.05) is 28.9 Å². The van der Waals surface area contributed by atoms with Gasteiger partial charge in [-0.3, -0.25) is 4.57 Å². The summed E-state index contributed by atoms with van der Waals surface area (Å²) in [5, 5.41) is 7.00. The molecule has 0 radical (unpaired) electrons. The minimum atomic E-state index is -0.457. The van der Waals surface area contributed by atoms with Gasteiger partial charge < -0.3 is 24.8 Å². The third kappa shape index (κ3) is 6.95. The lowest BCUT2D eigenvalue weighted by Crippen LogP contribution is -2.28. The molecule has 0 aliphatic rings. The zero-order chi connectivity index (χ0) is 27.1. The molecule has 0 saturated heterocycles. The largest absolute Gasteiger partial charge is 0.497 e. The van der Waals surface area contributed by atoms with Gasteiger partial charge in [-0.1, -0.05) is 23.7 Å². The normalized spacial score (nSPS) is 10.8. The van der Waals surface area contributed by atoms with Crippen LogP contribution in [0.2, 0.25) is 5.02 Å². The number of halogens is 1. The standard InChI is InChI=1S/C28H30ClN5O4/c1-18(2)38-23-13-10-22(11-14-23)31-27-32-26(30-16-20-7-12-24(36-3)15-25(20)37-4)33-28(35)34(27)17-19-5-8-21(29)9-6-19/h5-15,18H,16-17H2,1-4H3,(H2,30,31,32,33,35). The summed E-state index contributed by atoms with van der Waals surface area (Å²) in [6.07, 6.45) is 0.0678. The Balaban J connectivity index is 1.63. The molecule has 0 aliphatic heterocycles. The molecule has 0 unspecified atom stereocenters. The lowest BCUT2D eigenvalue weighted by atomic mass is 10.2. The van der Waals surface area contributed by atoms with Gasteiger partial charge in [-0.05, 0) is 67.9 Å².